The van der Waals surface area contributed by atoms with Gasteiger partial charge in [-0.05, 0) is 165 Å². The largest absolute Gasteiger partial charge is 0.311 e. The van der Waals surface area contributed by atoms with Crippen LogP contribution in [0.1, 0.15) is 43.2 Å². The van der Waals surface area contributed by atoms with Gasteiger partial charge in [-0.2, -0.15) is 0 Å². The minimum absolute atomic E-state index is 0.193. The van der Waals surface area contributed by atoms with Crippen molar-refractivity contribution in [1.29, 1.82) is 0 Å². The summed E-state index contributed by atoms with van der Waals surface area (Å²) in [6.45, 7) is 0. The van der Waals surface area contributed by atoms with Crippen LogP contribution in [0.2, 0.25) is 0 Å². The van der Waals surface area contributed by atoms with Gasteiger partial charge in [0.1, 0.15) is 0 Å². The first kappa shape index (κ1) is 34.6. The summed E-state index contributed by atoms with van der Waals surface area (Å²) in [6.07, 6.45) is 7.14. The van der Waals surface area contributed by atoms with Gasteiger partial charge in [-0.25, -0.2) is 0 Å². The molecule has 0 unspecified atom stereocenters. The SMILES string of the molecule is c1ccc(-c2ccc(N(c3ccc(-c4ccccc4)cc3)c3ccc(-c4ccc(-c5ccc6c(c5)C5(c7ccccc7-6)C6CC7CC(C6)CC5C7)cc4)cc3)cc2)cc1. The zero-order valence-corrected chi connectivity index (χ0v) is 33.3. The number of hydrogen-bond acceptors (Lipinski definition) is 1. The molecule has 4 bridgehead atoms. The quantitative estimate of drug-likeness (QED) is 0.156. The van der Waals surface area contributed by atoms with E-state index in [-0.39, 0.29) is 5.41 Å². The predicted octanol–water partition coefficient (Wildman–Crippen LogP) is 15.5. The van der Waals surface area contributed by atoms with E-state index in [9.17, 15) is 0 Å². The zero-order chi connectivity index (χ0) is 38.9. The van der Waals surface area contributed by atoms with Crippen molar-refractivity contribution in [1.82, 2.24) is 0 Å². The van der Waals surface area contributed by atoms with Gasteiger partial charge in [-0.15, -0.1) is 0 Å². The first-order valence-electron chi connectivity index (χ1n) is 21.8. The van der Waals surface area contributed by atoms with Gasteiger partial charge in [0.2, 0.25) is 0 Å². The van der Waals surface area contributed by atoms with Crippen molar-refractivity contribution in [2.24, 2.45) is 23.7 Å². The van der Waals surface area contributed by atoms with Crippen LogP contribution in [0.5, 0.6) is 0 Å². The van der Waals surface area contributed by atoms with Gasteiger partial charge >= 0.3 is 0 Å². The van der Waals surface area contributed by atoms with E-state index in [1.165, 1.54) is 87.7 Å². The zero-order valence-electron chi connectivity index (χ0n) is 33.3. The molecular weight excluding hydrogens is 711 g/mol. The monoisotopic (exact) mass is 757 g/mol. The summed E-state index contributed by atoms with van der Waals surface area (Å²) in [5.41, 5.74) is 19.8. The van der Waals surface area contributed by atoms with Crippen molar-refractivity contribution in [2.75, 3.05) is 4.90 Å². The number of hydrogen-bond donors (Lipinski definition) is 0. The molecule has 0 aromatic heterocycles. The Morgan fingerprint density at radius 1 is 0.305 bits per heavy atom. The molecule has 1 spiro atoms. The maximum atomic E-state index is 2.61. The third-order valence-electron chi connectivity index (χ3n) is 14.7. The fraction of sp³-hybridized carbons (Fsp3) is 0.172. The third-order valence-corrected chi connectivity index (χ3v) is 14.7. The summed E-state index contributed by atoms with van der Waals surface area (Å²) in [6, 6.07) is 74.3. The standard InChI is InChI=1S/C58H47N/c1-3-9-41(10-4-1)44-19-26-51(27-20-44)59(52-28-21-45(22-29-52)42-11-5-2-6-12-42)53-30-23-46(24-31-53)43-15-17-47(18-16-43)48-25-32-55-54-13-7-8-14-56(54)58(57(55)38-48)49-34-39-33-40(36-49)37-50(58)35-39/h1-32,38-40,49-50H,33-37H2. The van der Waals surface area contributed by atoms with Crippen molar-refractivity contribution in [2.45, 2.75) is 37.5 Å². The molecule has 0 heterocycles. The lowest BCUT2D eigenvalue weighted by Gasteiger charge is -2.61. The minimum atomic E-state index is 0.193. The molecule has 8 aromatic carbocycles. The Morgan fingerprint density at radius 2 is 0.661 bits per heavy atom. The van der Waals surface area contributed by atoms with Crippen molar-refractivity contribution in [3.63, 3.8) is 0 Å². The Balaban J connectivity index is 0.855. The smallest absolute Gasteiger partial charge is 0.0462 e. The maximum Gasteiger partial charge on any atom is 0.0462 e. The van der Waals surface area contributed by atoms with Gasteiger partial charge in [0.25, 0.3) is 0 Å². The van der Waals surface area contributed by atoms with Crippen molar-refractivity contribution in [3.05, 3.63) is 211 Å². The highest BCUT2D eigenvalue weighted by atomic mass is 15.1. The summed E-state index contributed by atoms with van der Waals surface area (Å²) in [7, 11) is 0. The molecule has 0 amide bonds. The average Bonchev–Trinajstić information content (AvgIpc) is 3.59. The van der Waals surface area contributed by atoms with E-state index in [0.717, 1.165) is 40.7 Å². The van der Waals surface area contributed by atoms with E-state index in [1.807, 2.05) is 0 Å². The summed E-state index contributed by atoms with van der Waals surface area (Å²) >= 11 is 0. The van der Waals surface area contributed by atoms with Crippen LogP contribution >= 0.6 is 0 Å². The van der Waals surface area contributed by atoms with E-state index < -0.39 is 0 Å². The molecule has 0 atom stereocenters. The normalized spacial score (nSPS) is 22.0. The van der Waals surface area contributed by atoms with E-state index in [1.54, 1.807) is 11.1 Å². The van der Waals surface area contributed by atoms with Crippen molar-refractivity contribution >= 4 is 17.1 Å². The van der Waals surface area contributed by atoms with Gasteiger partial charge < -0.3 is 4.90 Å². The fourth-order valence-corrected chi connectivity index (χ4v) is 12.3. The summed E-state index contributed by atoms with van der Waals surface area (Å²) in [5, 5.41) is 0. The van der Waals surface area contributed by atoms with Crippen molar-refractivity contribution in [3.8, 4) is 55.6 Å². The predicted molar refractivity (Wildman–Crippen MR) is 246 cm³/mol. The number of nitrogens with zero attached hydrogens (tertiary/aromatic N) is 1. The lowest BCUT2D eigenvalue weighted by atomic mass is 9.43. The van der Waals surface area contributed by atoms with E-state index in [4.69, 9.17) is 0 Å². The van der Waals surface area contributed by atoms with Gasteiger partial charge in [0.15, 0.2) is 0 Å². The van der Waals surface area contributed by atoms with E-state index in [2.05, 4.69) is 205 Å². The lowest BCUT2D eigenvalue weighted by Crippen LogP contribution is -2.55. The molecule has 0 saturated heterocycles. The summed E-state index contributed by atoms with van der Waals surface area (Å²) < 4.78 is 0. The molecule has 4 fully saturated rings. The second-order valence-corrected chi connectivity index (χ2v) is 17.8. The lowest BCUT2D eigenvalue weighted by molar-refractivity contribution is -0.0399. The Bertz CT molecular complexity index is 2670. The van der Waals surface area contributed by atoms with Gasteiger partial charge in [-0.1, -0.05) is 158 Å². The number of benzene rings is 8. The highest BCUT2D eigenvalue weighted by Gasteiger charge is 2.61. The number of rotatable bonds is 7. The van der Waals surface area contributed by atoms with Crippen LogP contribution < -0.4 is 4.90 Å². The van der Waals surface area contributed by atoms with Crippen LogP contribution in [-0.4, -0.2) is 0 Å². The second kappa shape index (κ2) is 13.8. The van der Waals surface area contributed by atoms with Crippen molar-refractivity contribution < 1.29 is 0 Å². The Kier molecular flexibility index (Phi) is 8.12. The molecule has 13 rings (SSSR count). The molecule has 59 heavy (non-hydrogen) atoms. The molecule has 8 aromatic rings. The molecule has 5 aliphatic rings. The summed E-state index contributed by atoms with van der Waals surface area (Å²) in [4.78, 5) is 2.36. The highest BCUT2D eigenvalue weighted by molar-refractivity contribution is 5.86. The Labute approximate surface area is 348 Å². The fourth-order valence-electron chi connectivity index (χ4n) is 12.3. The van der Waals surface area contributed by atoms with Gasteiger partial charge in [0.05, 0.1) is 0 Å². The molecule has 0 radical (unpaired) electrons. The van der Waals surface area contributed by atoms with Gasteiger partial charge in [0, 0.05) is 22.5 Å². The molecule has 4 saturated carbocycles. The van der Waals surface area contributed by atoms with Crippen LogP contribution in [0.25, 0.3) is 55.6 Å². The highest BCUT2D eigenvalue weighted by Crippen LogP contribution is 2.69. The maximum absolute atomic E-state index is 2.61. The summed E-state index contributed by atoms with van der Waals surface area (Å²) in [5.74, 6) is 3.45. The first-order valence-corrected chi connectivity index (χ1v) is 21.8. The van der Waals surface area contributed by atoms with E-state index >= 15 is 0 Å². The molecule has 0 N–H and O–H groups in total. The molecule has 1 nitrogen and oxygen atoms in total. The molecule has 1 heteroatoms. The molecule has 284 valence electrons. The Morgan fingerprint density at radius 3 is 1.14 bits per heavy atom. The van der Waals surface area contributed by atoms with Crippen LogP contribution in [-0.2, 0) is 5.41 Å². The Hall–Kier alpha value is -6.44. The van der Waals surface area contributed by atoms with Crippen LogP contribution in [0.3, 0.4) is 0 Å². The first-order chi connectivity index (χ1) is 29.2. The van der Waals surface area contributed by atoms with Crippen LogP contribution in [0.15, 0.2) is 200 Å². The molecule has 5 aliphatic carbocycles. The second-order valence-electron chi connectivity index (χ2n) is 17.8. The topological polar surface area (TPSA) is 3.24 Å². The van der Waals surface area contributed by atoms with Crippen LogP contribution in [0.4, 0.5) is 17.1 Å². The van der Waals surface area contributed by atoms with E-state index in [0.29, 0.717) is 0 Å². The number of fused-ring (bicyclic) bond motifs is 3. The average molecular weight is 758 g/mol. The van der Waals surface area contributed by atoms with Crippen LogP contribution in [0, 0.1) is 23.7 Å². The molecular formula is C58H47N. The van der Waals surface area contributed by atoms with Gasteiger partial charge in [-0.3, -0.25) is 0 Å². The minimum Gasteiger partial charge on any atom is -0.311 e. The number of anilines is 3. The third kappa shape index (κ3) is 5.66. The molecule has 0 aliphatic heterocycles.